The fourth-order valence-electron chi connectivity index (χ4n) is 3.89. The van der Waals surface area contributed by atoms with E-state index in [9.17, 15) is 24.4 Å². The van der Waals surface area contributed by atoms with E-state index in [1.54, 1.807) is 13.8 Å². The van der Waals surface area contributed by atoms with Gasteiger partial charge in [-0.25, -0.2) is 9.57 Å². The molecule has 0 aromatic heterocycles. The number of nitrogens with two attached hydrogens (primary N) is 1. The fraction of sp³-hybridized carbons (Fsp3) is 0.435. The van der Waals surface area contributed by atoms with E-state index in [1.165, 1.54) is 44.3 Å². The molecular formula is C23H30ClN6O9P. The summed E-state index contributed by atoms with van der Waals surface area (Å²) in [4.78, 5) is 24.6. The van der Waals surface area contributed by atoms with Crippen LogP contribution in [0.1, 0.15) is 27.7 Å². The highest BCUT2D eigenvalue weighted by molar-refractivity contribution is 7.52. The predicted octanol–water partition coefficient (Wildman–Crippen LogP) is 0.559. The summed E-state index contributed by atoms with van der Waals surface area (Å²) >= 11 is 5.92. The minimum atomic E-state index is -4.33. The topological polar surface area (TPSA) is 206 Å². The number of nitrogens with one attached hydrogen (secondary N) is 3. The van der Waals surface area contributed by atoms with Gasteiger partial charge in [0.2, 0.25) is 5.96 Å². The molecule has 218 valence electrons. The van der Waals surface area contributed by atoms with Crippen LogP contribution in [0, 0.1) is 0 Å². The number of nitrogens with zero attached hydrogens (tertiary/aromatic N) is 2. The number of fused-ring (bicyclic) bond motifs is 1. The lowest BCUT2D eigenvalue weighted by atomic mass is 9.96. The van der Waals surface area contributed by atoms with Crippen LogP contribution in [0.5, 0.6) is 5.75 Å². The van der Waals surface area contributed by atoms with E-state index in [2.05, 4.69) is 20.8 Å². The van der Waals surface area contributed by atoms with E-state index in [4.69, 9.17) is 35.9 Å². The molecule has 0 radical (unpaired) electrons. The van der Waals surface area contributed by atoms with Crippen LogP contribution in [0.15, 0.2) is 52.8 Å². The number of carbonyl (C=O) groups is 2. The first kappa shape index (κ1) is 29.6. The summed E-state index contributed by atoms with van der Waals surface area (Å²) in [5, 5.41) is 35.2. The summed E-state index contributed by atoms with van der Waals surface area (Å²) in [6.45, 7) is 5.45. The molecule has 1 unspecified atom stereocenters. The average molecular weight is 601 g/mol. The van der Waals surface area contributed by atoms with Crippen LogP contribution in [-0.2, 0) is 28.2 Å². The molecule has 17 heteroatoms. The number of benzene rings is 1. The Bertz CT molecular complexity index is 1320. The largest absolute Gasteiger partial charge is 0.482 e. The van der Waals surface area contributed by atoms with Gasteiger partial charge in [0, 0.05) is 11.2 Å². The highest BCUT2D eigenvalue weighted by atomic mass is 35.5. The summed E-state index contributed by atoms with van der Waals surface area (Å²) < 4.78 is 35.9. The normalized spacial score (nSPS) is 28.0. The van der Waals surface area contributed by atoms with Crippen LogP contribution in [0.25, 0.3) is 0 Å². The van der Waals surface area contributed by atoms with Crippen molar-refractivity contribution in [2.45, 2.75) is 57.6 Å². The first-order valence-corrected chi connectivity index (χ1v) is 14.0. The molecule has 40 heavy (non-hydrogen) atoms. The van der Waals surface area contributed by atoms with Crippen molar-refractivity contribution in [2.24, 2.45) is 10.8 Å². The zero-order valence-corrected chi connectivity index (χ0v) is 23.6. The van der Waals surface area contributed by atoms with Gasteiger partial charge in [0.1, 0.15) is 23.6 Å². The second kappa shape index (κ2) is 11.3. The average Bonchev–Trinajstić information content (AvgIpc) is 3.37. The van der Waals surface area contributed by atoms with Gasteiger partial charge in [-0.05, 0) is 52.0 Å². The monoisotopic (exact) mass is 600 g/mol. The van der Waals surface area contributed by atoms with Gasteiger partial charge in [-0.2, -0.15) is 5.09 Å². The molecule has 0 spiro atoms. The van der Waals surface area contributed by atoms with Crippen molar-refractivity contribution in [1.29, 1.82) is 0 Å². The van der Waals surface area contributed by atoms with Gasteiger partial charge in [0.25, 0.3) is 5.91 Å². The Hall–Kier alpha value is -3.33. The van der Waals surface area contributed by atoms with E-state index in [0.717, 1.165) is 5.01 Å². The quantitative estimate of drug-likeness (QED) is 0.169. The molecule has 3 aliphatic heterocycles. The van der Waals surface area contributed by atoms with Crippen LogP contribution in [0.2, 0.25) is 5.02 Å². The van der Waals surface area contributed by atoms with E-state index in [-0.39, 0.29) is 29.0 Å². The summed E-state index contributed by atoms with van der Waals surface area (Å²) in [5.74, 6) is -1.49. The van der Waals surface area contributed by atoms with E-state index >= 15 is 0 Å². The molecule has 3 aliphatic rings. The van der Waals surface area contributed by atoms with Crippen molar-refractivity contribution in [3.63, 3.8) is 0 Å². The molecule has 1 saturated heterocycles. The number of hydrazone groups is 1. The Morgan fingerprint density at radius 3 is 2.67 bits per heavy atom. The number of rotatable bonds is 9. The number of guanidine groups is 1. The zero-order valence-electron chi connectivity index (χ0n) is 22.0. The third-order valence-corrected chi connectivity index (χ3v) is 7.74. The van der Waals surface area contributed by atoms with Gasteiger partial charge in [-0.3, -0.25) is 19.4 Å². The Labute approximate surface area is 234 Å². The number of ether oxygens (including phenoxy) is 2. The highest BCUT2D eigenvalue weighted by Crippen LogP contribution is 2.47. The molecule has 4 rings (SSSR count). The number of hydrogen-bond donors (Lipinski definition) is 6. The predicted molar refractivity (Wildman–Crippen MR) is 141 cm³/mol. The van der Waals surface area contributed by atoms with Gasteiger partial charge < -0.3 is 35.3 Å². The second-order valence-corrected chi connectivity index (χ2v) is 11.7. The maximum atomic E-state index is 13.8. The molecule has 7 N–H and O–H groups in total. The first-order chi connectivity index (χ1) is 18.7. The molecule has 15 nitrogen and oxygen atoms in total. The molecule has 1 fully saturated rings. The summed E-state index contributed by atoms with van der Waals surface area (Å²) in [7, 11) is -4.33. The smallest absolute Gasteiger partial charge is 0.459 e. The summed E-state index contributed by atoms with van der Waals surface area (Å²) in [5.41, 5.74) is 3.72. The molecule has 5 atom stereocenters. The van der Waals surface area contributed by atoms with Gasteiger partial charge in [0.05, 0.1) is 12.7 Å². The molecule has 1 aromatic rings. The number of hydrogen-bond acceptors (Lipinski definition) is 13. The van der Waals surface area contributed by atoms with E-state index in [1.807, 2.05) is 0 Å². The minimum absolute atomic E-state index is 0.0307. The lowest BCUT2D eigenvalue weighted by Crippen LogP contribution is -2.46. The highest BCUT2D eigenvalue weighted by Gasteiger charge is 2.53. The van der Waals surface area contributed by atoms with Gasteiger partial charge in [0.15, 0.2) is 23.3 Å². The van der Waals surface area contributed by atoms with Crippen LogP contribution < -0.4 is 26.0 Å². The number of aliphatic hydroxyl groups excluding tert-OH is 1. The van der Waals surface area contributed by atoms with Crippen LogP contribution in [0.3, 0.4) is 0 Å². The van der Waals surface area contributed by atoms with Crippen molar-refractivity contribution in [1.82, 2.24) is 20.7 Å². The van der Waals surface area contributed by atoms with E-state index < -0.39 is 56.2 Å². The lowest BCUT2D eigenvalue weighted by Gasteiger charge is -2.26. The van der Waals surface area contributed by atoms with Gasteiger partial charge in [-0.1, -0.05) is 11.6 Å². The van der Waals surface area contributed by atoms with Crippen LogP contribution in [0.4, 0.5) is 0 Å². The fourth-order valence-corrected chi connectivity index (χ4v) is 5.52. The van der Waals surface area contributed by atoms with Crippen LogP contribution in [-0.4, -0.2) is 69.6 Å². The summed E-state index contributed by atoms with van der Waals surface area (Å²) in [6.07, 6.45) is -1.97. The third-order valence-electron chi connectivity index (χ3n) is 5.84. The Kier molecular flexibility index (Phi) is 8.36. The van der Waals surface area contributed by atoms with Crippen molar-refractivity contribution in [2.75, 3.05) is 6.61 Å². The Balaban J connectivity index is 1.55. The minimum Gasteiger partial charge on any atom is -0.482 e. The number of esters is 1. The van der Waals surface area contributed by atoms with Gasteiger partial charge in [-0.15, -0.1) is 5.10 Å². The standard InChI is InChI=1S/C23H30ClN6O9P/c1-11(2)37-21(33)12(3)29-40(35,39-14-7-5-13(24)6-8-14)36-10-16-17(31)23(4,34)18(38-16)19-26-9-15-20(32)27-22(25)28-30(15)19/h5-9,11-12,16-17,26,31,34H,10H2,1-4H3,(H,29,35)(H3,25,27,28,32)/b19-18+/t12-,16+,17+,23+,40?/m0/s1. The van der Waals surface area contributed by atoms with Crippen molar-refractivity contribution < 1.29 is 42.9 Å². The maximum absolute atomic E-state index is 13.8. The van der Waals surface area contributed by atoms with Crippen molar-refractivity contribution in [3.8, 4) is 5.75 Å². The van der Waals surface area contributed by atoms with Crippen molar-refractivity contribution >= 4 is 37.2 Å². The SMILES string of the molecule is CC(C)OC(=O)[C@H](C)NP(=O)(OC[C@H]1O/C(=C2\NC=C3C(=O)NC(N)=NN32)[C@](C)(O)[C@@H]1O)Oc1ccc(Cl)cc1. The number of aliphatic hydroxyl groups is 2. The maximum Gasteiger partial charge on any atom is 0.459 e. The second-order valence-electron chi connectivity index (χ2n) is 9.53. The van der Waals surface area contributed by atoms with Crippen LogP contribution >= 0.6 is 19.3 Å². The van der Waals surface area contributed by atoms with E-state index in [0.29, 0.717) is 5.02 Å². The Morgan fingerprint density at radius 2 is 2.02 bits per heavy atom. The molecule has 0 bridgehead atoms. The number of carbonyl (C=O) groups excluding carboxylic acids is 2. The molecule has 1 aromatic carbocycles. The van der Waals surface area contributed by atoms with Crippen molar-refractivity contribution in [3.05, 3.63) is 52.8 Å². The zero-order chi connectivity index (χ0) is 29.4. The number of amides is 1. The molecule has 0 aliphatic carbocycles. The third kappa shape index (κ3) is 6.19. The summed E-state index contributed by atoms with van der Waals surface area (Å²) in [6, 6.07) is 4.79. The number of halogens is 1. The van der Waals surface area contributed by atoms with Gasteiger partial charge >= 0.3 is 13.7 Å². The first-order valence-electron chi connectivity index (χ1n) is 12.1. The molecule has 0 saturated carbocycles. The Morgan fingerprint density at radius 1 is 1.35 bits per heavy atom. The lowest BCUT2D eigenvalue weighted by molar-refractivity contribution is -0.149. The molecule has 1 amide bonds. The molecular weight excluding hydrogens is 571 g/mol. The molecule has 3 heterocycles.